The molecule has 0 fully saturated rings. The minimum Gasteiger partial charge on any atom is -0.497 e. The van der Waals surface area contributed by atoms with Crippen LogP contribution in [0.5, 0.6) is 17.2 Å². The van der Waals surface area contributed by atoms with E-state index >= 15 is 0 Å². The molecule has 2 heterocycles. The number of Topliss-reactive ketones (excluding diaryl/α,β-unsaturated/α-hetero) is 2. The Labute approximate surface area is 165 Å². The number of carbonyl (C=O) groups excluding carboxylic acids is 2. The summed E-state index contributed by atoms with van der Waals surface area (Å²) >= 11 is 1.53. The fourth-order valence-corrected chi connectivity index (χ4v) is 3.42. The number of ketones is 2. The van der Waals surface area contributed by atoms with Gasteiger partial charge in [0.1, 0.15) is 17.2 Å². The van der Waals surface area contributed by atoms with Gasteiger partial charge in [-0.2, -0.15) is 0 Å². The molecule has 0 unspecified atom stereocenters. The number of methoxy groups -OCH3 is 1. The number of hydrogen-bond acceptors (Lipinski definition) is 6. The van der Waals surface area contributed by atoms with Crippen molar-refractivity contribution in [2.75, 3.05) is 13.7 Å². The van der Waals surface area contributed by atoms with Crippen LogP contribution in [-0.4, -0.2) is 25.3 Å². The first-order valence-electron chi connectivity index (χ1n) is 8.56. The minimum absolute atomic E-state index is 0.114. The quantitative estimate of drug-likeness (QED) is 0.452. The van der Waals surface area contributed by atoms with Crippen LogP contribution in [0.25, 0.3) is 6.08 Å². The summed E-state index contributed by atoms with van der Waals surface area (Å²) in [6.45, 7) is -0.114. The van der Waals surface area contributed by atoms with Crippen LogP contribution in [0.3, 0.4) is 0 Å². The lowest BCUT2D eigenvalue weighted by molar-refractivity contribution is 0.0921. The minimum atomic E-state index is -0.163. The molecule has 0 N–H and O–H groups in total. The Morgan fingerprint density at radius 3 is 2.61 bits per heavy atom. The maximum atomic E-state index is 12.4. The fraction of sp³-hybridized carbons (Fsp3) is 0.0909. The number of hydrogen-bond donors (Lipinski definition) is 0. The van der Waals surface area contributed by atoms with Crippen molar-refractivity contribution in [3.63, 3.8) is 0 Å². The number of allylic oxidation sites excluding steroid dienone is 1. The molecule has 0 saturated carbocycles. The summed E-state index contributed by atoms with van der Waals surface area (Å²) in [5, 5.41) is 1.94. The van der Waals surface area contributed by atoms with Gasteiger partial charge in [-0.1, -0.05) is 6.07 Å². The molecule has 0 amide bonds. The molecule has 1 aromatic heterocycles. The second kappa shape index (κ2) is 7.70. The van der Waals surface area contributed by atoms with Gasteiger partial charge in [0.2, 0.25) is 5.78 Å². The first kappa shape index (κ1) is 18.0. The van der Waals surface area contributed by atoms with E-state index in [1.807, 2.05) is 17.5 Å². The van der Waals surface area contributed by atoms with Gasteiger partial charge in [-0.25, -0.2) is 0 Å². The number of carbonyl (C=O) groups is 2. The highest BCUT2D eigenvalue weighted by molar-refractivity contribution is 7.10. The summed E-state index contributed by atoms with van der Waals surface area (Å²) in [6, 6.07) is 15.6. The Morgan fingerprint density at radius 1 is 1.11 bits per heavy atom. The third-order valence-electron chi connectivity index (χ3n) is 4.24. The molecule has 2 aromatic carbocycles. The lowest BCUT2D eigenvalue weighted by Crippen LogP contribution is -2.11. The fourth-order valence-electron chi connectivity index (χ4n) is 2.77. The molecule has 0 bridgehead atoms. The maximum absolute atomic E-state index is 12.4. The van der Waals surface area contributed by atoms with Crippen molar-refractivity contribution < 1.29 is 23.8 Å². The smallest absolute Gasteiger partial charge is 0.232 e. The van der Waals surface area contributed by atoms with E-state index in [-0.39, 0.29) is 23.9 Å². The van der Waals surface area contributed by atoms with Crippen molar-refractivity contribution in [2.24, 2.45) is 0 Å². The van der Waals surface area contributed by atoms with Crippen molar-refractivity contribution in [1.29, 1.82) is 0 Å². The Morgan fingerprint density at radius 2 is 1.89 bits per heavy atom. The van der Waals surface area contributed by atoms with Crippen LogP contribution in [0.1, 0.15) is 25.6 Å². The predicted molar refractivity (Wildman–Crippen MR) is 107 cm³/mol. The van der Waals surface area contributed by atoms with Gasteiger partial charge < -0.3 is 14.2 Å². The van der Waals surface area contributed by atoms with Crippen LogP contribution in [0.2, 0.25) is 0 Å². The average molecular weight is 392 g/mol. The molecule has 4 rings (SSSR count). The molecule has 0 atom stereocenters. The van der Waals surface area contributed by atoms with Crippen molar-refractivity contribution in [1.82, 2.24) is 0 Å². The van der Waals surface area contributed by atoms with E-state index in [0.29, 0.717) is 28.4 Å². The molecule has 140 valence electrons. The van der Waals surface area contributed by atoms with Gasteiger partial charge in [-0.05, 0) is 47.8 Å². The summed E-state index contributed by atoms with van der Waals surface area (Å²) in [4.78, 5) is 25.7. The Bertz CT molecular complexity index is 1050. The molecule has 6 heteroatoms. The predicted octanol–water partition coefficient (Wildman–Crippen LogP) is 4.63. The highest BCUT2D eigenvalue weighted by atomic mass is 32.1. The van der Waals surface area contributed by atoms with Crippen molar-refractivity contribution in [2.45, 2.75) is 0 Å². The van der Waals surface area contributed by atoms with E-state index in [1.54, 1.807) is 55.7 Å². The van der Waals surface area contributed by atoms with Gasteiger partial charge in [0.05, 0.1) is 12.7 Å². The van der Waals surface area contributed by atoms with Crippen LogP contribution in [-0.2, 0) is 0 Å². The SMILES string of the molecule is COc1ccc(C(=O)COc2ccc3c(c2)O/C(=C\c2cccs2)C3=O)cc1. The third kappa shape index (κ3) is 3.68. The second-order valence-electron chi connectivity index (χ2n) is 6.05. The van der Waals surface area contributed by atoms with Crippen molar-refractivity contribution in [3.8, 4) is 17.2 Å². The van der Waals surface area contributed by atoms with E-state index in [9.17, 15) is 9.59 Å². The summed E-state index contributed by atoms with van der Waals surface area (Å²) in [5.41, 5.74) is 1.02. The van der Waals surface area contributed by atoms with E-state index in [1.165, 1.54) is 11.3 Å². The van der Waals surface area contributed by atoms with Gasteiger partial charge in [0, 0.05) is 22.6 Å². The highest BCUT2D eigenvalue weighted by Crippen LogP contribution is 2.35. The lowest BCUT2D eigenvalue weighted by atomic mass is 10.1. The van der Waals surface area contributed by atoms with Crippen molar-refractivity contribution >= 4 is 29.0 Å². The molecular formula is C22H16O5S. The molecule has 0 spiro atoms. The van der Waals surface area contributed by atoms with Gasteiger partial charge in [-0.3, -0.25) is 9.59 Å². The number of fused-ring (bicyclic) bond motifs is 1. The normalized spacial score (nSPS) is 13.9. The second-order valence-corrected chi connectivity index (χ2v) is 7.03. The summed E-state index contributed by atoms with van der Waals surface area (Å²) in [6.07, 6.45) is 1.72. The van der Waals surface area contributed by atoms with Crippen LogP contribution in [0.15, 0.2) is 65.7 Å². The summed E-state index contributed by atoms with van der Waals surface area (Å²) in [7, 11) is 1.57. The van der Waals surface area contributed by atoms with E-state index in [4.69, 9.17) is 14.2 Å². The monoisotopic (exact) mass is 392 g/mol. The molecule has 0 radical (unpaired) electrons. The van der Waals surface area contributed by atoms with E-state index < -0.39 is 0 Å². The lowest BCUT2D eigenvalue weighted by Gasteiger charge is -2.07. The molecule has 28 heavy (non-hydrogen) atoms. The molecule has 1 aliphatic rings. The van der Waals surface area contributed by atoms with Gasteiger partial charge in [0.25, 0.3) is 0 Å². The third-order valence-corrected chi connectivity index (χ3v) is 5.06. The number of rotatable bonds is 6. The number of ether oxygens (including phenoxy) is 3. The summed E-state index contributed by atoms with van der Waals surface area (Å²) < 4.78 is 16.4. The molecule has 1 aliphatic heterocycles. The Balaban J connectivity index is 1.44. The zero-order valence-electron chi connectivity index (χ0n) is 15.0. The molecule has 0 saturated heterocycles. The highest BCUT2D eigenvalue weighted by Gasteiger charge is 2.27. The zero-order valence-corrected chi connectivity index (χ0v) is 15.8. The number of benzene rings is 2. The molecule has 3 aromatic rings. The topological polar surface area (TPSA) is 61.8 Å². The number of thiophene rings is 1. The average Bonchev–Trinajstić information content (AvgIpc) is 3.34. The first-order chi connectivity index (χ1) is 13.6. The van der Waals surface area contributed by atoms with Gasteiger partial charge in [-0.15, -0.1) is 11.3 Å². The maximum Gasteiger partial charge on any atom is 0.232 e. The van der Waals surface area contributed by atoms with Crippen molar-refractivity contribution in [3.05, 3.63) is 81.7 Å². The van der Waals surface area contributed by atoms with Crippen LogP contribution < -0.4 is 14.2 Å². The van der Waals surface area contributed by atoms with Crippen LogP contribution in [0.4, 0.5) is 0 Å². The zero-order chi connectivity index (χ0) is 19.5. The van der Waals surface area contributed by atoms with E-state index in [2.05, 4.69) is 0 Å². The molecular weight excluding hydrogens is 376 g/mol. The summed E-state index contributed by atoms with van der Waals surface area (Å²) in [5.74, 6) is 1.55. The molecule has 0 aliphatic carbocycles. The largest absolute Gasteiger partial charge is 0.497 e. The van der Waals surface area contributed by atoms with E-state index in [0.717, 1.165) is 4.88 Å². The van der Waals surface area contributed by atoms with Crippen LogP contribution in [0, 0.1) is 0 Å². The standard InChI is InChI=1S/C22H16O5S/c1-25-15-6-4-14(5-7-15)19(23)13-26-16-8-9-18-20(11-16)27-21(22(18)24)12-17-3-2-10-28-17/h2-12H,13H2,1H3/b21-12-. The molecule has 5 nitrogen and oxygen atoms in total. The van der Waals surface area contributed by atoms with Gasteiger partial charge in [0.15, 0.2) is 18.1 Å². The van der Waals surface area contributed by atoms with Gasteiger partial charge >= 0.3 is 0 Å². The van der Waals surface area contributed by atoms with Crippen LogP contribution >= 0.6 is 11.3 Å². The first-order valence-corrected chi connectivity index (χ1v) is 9.44. The Kier molecular flexibility index (Phi) is 4.95. The Hall–Kier alpha value is -3.38.